The molecule has 0 atom stereocenters. The zero-order chi connectivity index (χ0) is 35.2. The minimum Gasteiger partial charge on any atom is -0.184 e. The normalized spacial score (nSPS) is 11.9. The Morgan fingerprint density at radius 2 is 1.33 bits per heavy atom. The molecule has 7 rings (SSSR count). The Kier molecular flexibility index (Phi) is 13.1. The van der Waals surface area contributed by atoms with Crippen LogP contribution in [0.15, 0.2) is 115 Å². The van der Waals surface area contributed by atoms with E-state index in [0.717, 1.165) is 9.52 Å². The van der Waals surface area contributed by atoms with E-state index in [-0.39, 0.29) is 0 Å². The van der Waals surface area contributed by atoms with Gasteiger partial charge in [-0.15, -0.1) is 34.0 Å². The summed E-state index contributed by atoms with van der Waals surface area (Å²) in [5.41, 5.74) is 9.73. The zero-order valence-electron chi connectivity index (χ0n) is 29.8. The van der Waals surface area contributed by atoms with Gasteiger partial charge in [-0.1, -0.05) is 165 Å². The molecule has 0 aliphatic carbocycles. The maximum absolute atomic E-state index is 4.93. The second-order valence-electron chi connectivity index (χ2n) is 14.8. The summed E-state index contributed by atoms with van der Waals surface area (Å²) in [6.45, 7) is 17.1. The molecule has 248 valence electrons. The number of unbranched alkanes of at least 4 members (excludes halogenated alkanes) is 1. The van der Waals surface area contributed by atoms with Crippen LogP contribution in [-0.2, 0) is 27.3 Å². The molecule has 0 fully saturated rings. The Bertz CT molecular complexity index is 1930. The van der Waals surface area contributed by atoms with Crippen LogP contribution in [0.4, 0.5) is 0 Å². The van der Waals surface area contributed by atoms with E-state index in [4.69, 9.17) is 17.0 Å². The zero-order valence-corrected chi connectivity index (χ0v) is 36.8. The molecule has 6 heteroatoms. The smallest absolute Gasteiger partial charge is 0.0920 e. The van der Waals surface area contributed by atoms with Crippen LogP contribution in [0.3, 0.4) is 0 Å². The molecular weight excluding hydrogens is 763 g/mol. The Morgan fingerprint density at radius 3 is 1.98 bits per heavy atom. The number of fused-ring (bicyclic) bond motifs is 4. The minimum atomic E-state index is -1.46. The summed E-state index contributed by atoms with van der Waals surface area (Å²) in [7, 11) is 7.74. The predicted octanol–water partition coefficient (Wildman–Crippen LogP) is 10.8. The van der Waals surface area contributed by atoms with Crippen molar-refractivity contribution in [3.05, 3.63) is 127 Å². The van der Waals surface area contributed by atoms with E-state index < -0.39 is 37.0 Å². The summed E-state index contributed by atoms with van der Waals surface area (Å²) < 4.78 is 0. The molecule has 0 spiro atoms. The molecule has 1 aliphatic rings. The third kappa shape index (κ3) is 9.39. The maximum atomic E-state index is 4.93. The molecule has 0 saturated carbocycles. The van der Waals surface area contributed by atoms with E-state index in [1.165, 1.54) is 79.4 Å². The van der Waals surface area contributed by atoms with Crippen LogP contribution in [0.2, 0.25) is 39.3 Å². The van der Waals surface area contributed by atoms with Crippen LogP contribution >= 0.6 is 17.0 Å². The molecular formula is C43H46Cl2Si3Zr. The van der Waals surface area contributed by atoms with Crippen molar-refractivity contribution in [2.75, 3.05) is 0 Å². The summed E-state index contributed by atoms with van der Waals surface area (Å²) >= 11 is -0.826. The Balaban J connectivity index is 0.000000239. The predicted molar refractivity (Wildman–Crippen MR) is 222 cm³/mol. The molecule has 0 saturated heterocycles. The van der Waals surface area contributed by atoms with Gasteiger partial charge in [-0.05, 0) is 23.1 Å². The van der Waals surface area contributed by atoms with Gasteiger partial charge in [-0.25, -0.2) is 0 Å². The first-order chi connectivity index (χ1) is 23.4. The van der Waals surface area contributed by atoms with Gasteiger partial charge in [0.1, 0.15) is 0 Å². The summed E-state index contributed by atoms with van der Waals surface area (Å²) in [4.78, 5) is 0. The first-order valence-corrected chi connectivity index (χ1v) is 31.5. The van der Waals surface area contributed by atoms with E-state index in [1.807, 2.05) is 6.07 Å². The monoisotopic (exact) mass is 806 g/mol. The summed E-state index contributed by atoms with van der Waals surface area (Å²) in [5, 5.41) is 8.77. The van der Waals surface area contributed by atoms with Crippen LogP contribution in [0.1, 0.15) is 25.3 Å². The second kappa shape index (κ2) is 16.9. The van der Waals surface area contributed by atoms with Crippen LogP contribution in [0, 0.1) is 6.07 Å². The molecule has 0 aromatic heterocycles. The largest absolute Gasteiger partial charge is 0.184 e. The molecule has 0 nitrogen and oxygen atoms in total. The summed E-state index contributed by atoms with van der Waals surface area (Å²) in [5.74, 6) is 0. The van der Waals surface area contributed by atoms with Crippen molar-refractivity contribution in [1.82, 2.24) is 0 Å². The van der Waals surface area contributed by atoms with E-state index in [0.29, 0.717) is 0 Å². The SMILES string of the molecule is CCCCc1cc2c(-c3cc([Si](C)(C)C)cc([Si](C)(C)C)c3)c(-c3ccccc3)ccc2[cH-]1.[Cl][Zr+2][Cl].[c-]1cccc2c1[Si]c1ccccc1-2. The van der Waals surface area contributed by atoms with E-state index in [9.17, 15) is 0 Å². The van der Waals surface area contributed by atoms with Crippen LogP contribution < -0.4 is 20.7 Å². The second-order valence-corrected chi connectivity index (χ2v) is 30.0. The molecule has 6 aromatic carbocycles. The summed E-state index contributed by atoms with van der Waals surface area (Å²) in [6.07, 6.45) is 3.66. The van der Waals surface area contributed by atoms with Gasteiger partial charge in [0.25, 0.3) is 0 Å². The van der Waals surface area contributed by atoms with Crippen molar-refractivity contribution in [2.24, 2.45) is 0 Å². The summed E-state index contributed by atoms with van der Waals surface area (Å²) in [6, 6.07) is 46.3. The van der Waals surface area contributed by atoms with Gasteiger partial charge in [-0.3, -0.25) is 0 Å². The Hall–Kier alpha value is -2.18. The van der Waals surface area contributed by atoms with Crippen molar-refractivity contribution < 1.29 is 20.8 Å². The number of hydrogen-bond acceptors (Lipinski definition) is 0. The molecule has 0 unspecified atom stereocenters. The molecule has 1 heterocycles. The Morgan fingerprint density at radius 1 is 0.694 bits per heavy atom. The molecule has 1 aliphatic heterocycles. The van der Waals surface area contributed by atoms with Gasteiger partial charge in [0.05, 0.1) is 25.7 Å². The maximum Gasteiger partial charge on any atom is 0.0920 e. The number of hydrogen-bond donors (Lipinski definition) is 0. The average molecular weight is 809 g/mol. The fourth-order valence-electron chi connectivity index (χ4n) is 6.40. The first kappa shape index (κ1) is 38.1. The van der Waals surface area contributed by atoms with Gasteiger partial charge < -0.3 is 0 Å². The quantitative estimate of drug-likeness (QED) is 0.111. The number of benzene rings is 5. The van der Waals surface area contributed by atoms with E-state index in [1.54, 1.807) is 10.4 Å². The van der Waals surface area contributed by atoms with Gasteiger partial charge in [-0.2, -0.15) is 35.5 Å². The minimum absolute atomic E-state index is 0.795. The number of aryl methyl sites for hydroxylation is 1. The third-order valence-electron chi connectivity index (χ3n) is 9.14. The van der Waals surface area contributed by atoms with Crippen molar-refractivity contribution in [3.63, 3.8) is 0 Å². The van der Waals surface area contributed by atoms with Gasteiger partial charge >= 0.3 is 37.9 Å². The van der Waals surface area contributed by atoms with Gasteiger partial charge in [0.2, 0.25) is 0 Å². The Labute approximate surface area is 318 Å². The average Bonchev–Trinajstić information content (AvgIpc) is 3.68. The molecule has 0 N–H and O–H groups in total. The topological polar surface area (TPSA) is 0 Å². The van der Waals surface area contributed by atoms with Crippen molar-refractivity contribution >= 4 is 74.2 Å². The van der Waals surface area contributed by atoms with E-state index in [2.05, 4.69) is 161 Å². The molecule has 2 radical (unpaired) electrons. The standard InChI is InChI=1S/C31H39Si2.C12H7Si.2ClH.Zr/c1-8-9-13-23-18-25-16-17-29(24-14-11-10-12-15-24)31(30(25)19-23)26-20-27(32(2,3)4)22-28(21-26)33(5,6)7;1-3-7-11-9(5-1)10-6-2-4-8-12(10)13-11;;;/h10-12,14-22H,8-9,13H2,1-7H3;1-7H;2*1H;/q2*-1;;;+4/p-2. The molecule has 0 amide bonds. The van der Waals surface area contributed by atoms with Crippen LogP contribution in [0.5, 0.6) is 0 Å². The van der Waals surface area contributed by atoms with Crippen LogP contribution in [-0.4, -0.2) is 25.7 Å². The third-order valence-corrected chi connectivity index (χ3v) is 14.6. The van der Waals surface area contributed by atoms with Crippen molar-refractivity contribution in [3.8, 4) is 33.4 Å². The fourth-order valence-corrected chi connectivity index (χ4v) is 10.2. The van der Waals surface area contributed by atoms with Gasteiger partial charge in [0, 0.05) is 0 Å². The van der Waals surface area contributed by atoms with E-state index >= 15 is 0 Å². The van der Waals surface area contributed by atoms with Crippen molar-refractivity contribution in [1.29, 1.82) is 0 Å². The molecule has 6 aromatic rings. The molecule has 49 heavy (non-hydrogen) atoms. The number of rotatable bonds is 7. The first-order valence-electron chi connectivity index (χ1n) is 17.2. The fraction of sp³-hybridized carbons (Fsp3) is 0.233. The van der Waals surface area contributed by atoms with Crippen LogP contribution in [0.25, 0.3) is 44.2 Å². The van der Waals surface area contributed by atoms with Crippen molar-refractivity contribution in [2.45, 2.75) is 65.5 Å². The molecule has 0 bridgehead atoms. The number of halogens is 2. The van der Waals surface area contributed by atoms with Gasteiger partial charge in [0.15, 0.2) is 0 Å².